The quantitative estimate of drug-likeness (QED) is 0.917. The fourth-order valence-electron chi connectivity index (χ4n) is 3.28. The molecular formula is C17H24N2O2S. The van der Waals surface area contributed by atoms with E-state index in [0.29, 0.717) is 12.1 Å². The number of carbonyl (C=O) groups is 2. The number of rotatable bonds is 4. The standard InChI is InChI=1S/C17H24N2O2S/c1-4-13-8-5-11(3)19(13)17(21)15-10(2)9-14(22-15)18-16(20)12-6-7-12/h9,11-13H,4-8H2,1-3H3,(H,18,20)/t11-,13+/m1/s1. The molecule has 5 heteroatoms. The second-order valence-corrected chi connectivity index (χ2v) is 7.64. The van der Waals surface area contributed by atoms with Crippen LogP contribution in [0.1, 0.15) is 61.2 Å². The van der Waals surface area contributed by atoms with E-state index in [1.54, 1.807) is 0 Å². The van der Waals surface area contributed by atoms with Gasteiger partial charge in [0.2, 0.25) is 5.91 Å². The maximum absolute atomic E-state index is 12.9. The van der Waals surface area contributed by atoms with Crippen LogP contribution < -0.4 is 5.32 Å². The van der Waals surface area contributed by atoms with Gasteiger partial charge in [0, 0.05) is 18.0 Å². The highest BCUT2D eigenvalue weighted by Crippen LogP contribution is 2.35. The van der Waals surface area contributed by atoms with E-state index in [9.17, 15) is 9.59 Å². The van der Waals surface area contributed by atoms with E-state index in [-0.39, 0.29) is 17.7 Å². The average molecular weight is 320 g/mol. The van der Waals surface area contributed by atoms with E-state index in [4.69, 9.17) is 0 Å². The third-order valence-electron chi connectivity index (χ3n) is 4.80. The van der Waals surface area contributed by atoms with E-state index >= 15 is 0 Å². The van der Waals surface area contributed by atoms with E-state index in [2.05, 4.69) is 19.2 Å². The Morgan fingerprint density at radius 2 is 2.05 bits per heavy atom. The molecule has 1 saturated heterocycles. The Kier molecular flexibility index (Phi) is 4.26. The first-order valence-electron chi connectivity index (χ1n) is 8.25. The minimum absolute atomic E-state index is 0.0984. The van der Waals surface area contributed by atoms with Crippen LogP contribution in [0.25, 0.3) is 0 Å². The van der Waals surface area contributed by atoms with Gasteiger partial charge in [-0.05, 0) is 57.6 Å². The lowest BCUT2D eigenvalue weighted by Crippen LogP contribution is -2.39. The van der Waals surface area contributed by atoms with Gasteiger partial charge < -0.3 is 10.2 Å². The summed E-state index contributed by atoms with van der Waals surface area (Å²) in [4.78, 5) is 27.6. The Morgan fingerprint density at radius 3 is 2.68 bits per heavy atom. The number of nitrogens with zero attached hydrogens (tertiary/aromatic N) is 1. The van der Waals surface area contributed by atoms with Gasteiger partial charge in [0.1, 0.15) is 0 Å². The van der Waals surface area contributed by atoms with E-state index < -0.39 is 0 Å². The van der Waals surface area contributed by atoms with Gasteiger partial charge in [0.25, 0.3) is 5.91 Å². The molecule has 0 spiro atoms. The highest BCUT2D eigenvalue weighted by Gasteiger charge is 2.35. The van der Waals surface area contributed by atoms with Gasteiger partial charge in [-0.2, -0.15) is 0 Å². The molecule has 0 unspecified atom stereocenters. The summed E-state index contributed by atoms with van der Waals surface area (Å²) in [5.74, 6) is 0.414. The van der Waals surface area contributed by atoms with Crippen molar-refractivity contribution in [3.63, 3.8) is 0 Å². The largest absolute Gasteiger partial charge is 0.332 e. The number of thiophene rings is 1. The molecular weight excluding hydrogens is 296 g/mol. The zero-order valence-electron chi connectivity index (χ0n) is 13.5. The molecule has 0 bridgehead atoms. The summed E-state index contributed by atoms with van der Waals surface area (Å²) in [5, 5.41) is 3.76. The van der Waals surface area contributed by atoms with Crippen molar-refractivity contribution >= 4 is 28.2 Å². The molecule has 4 nitrogen and oxygen atoms in total. The van der Waals surface area contributed by atoms with Crippen LogP contribution in [-0.2, 0) is 4.79 Å². The number of aryl methyl sites for hydroxylation is 1. The smallest absolute Gasteiger partial charge is 0.264 e. The maximum Gasteiger partial charge on any atom is 0.264 e. The third kappa shape index (κ3) is 2.91. The van der Waals surface area contributed by atoms with Gasteiger partial charge in [0.15, 0.2) is 0 Å². The van der Waals surface area contributed by atoms with Crippen LogP contribution in [0.5, 0.6) is 0 Å². The second kappa shape index (κ2) is 6.03. The number of hydrogen-bond donors (Lipinski definition) is 1. The fraction of sp³-hybridized carbons (Fsp3) is 0.647. The summed E-state index contributed by atoms with van der Waals surface area (Å²) in [6.45, 7) is 6.23. The normalized spacial score (nSPS) is 24.6. The van der Waals surface area contributed by atoms with Crippen molar-refractivity contribution in [2.75, 3.05) is 5.32 Å². The van der Waals surface area contributed by atoms with E-state index in [1.807, 2.05) is 17.9 Å². The molecule has 2 atom stereocenters. The number of hydrogen-bond acceptors (Lipinski definition) is 3. The first-order valence-corrected chi connectivity index (χ1v) is 9.06. The molecule has 2 aliphatic rings. The number of likely N-dealkylation sites (tertiary alicyclic amines) is 1. The number of anilines is 1. The molecule has 3 rings (SSSR count). The summed E-state index contributed by atoms with van der Waals surface area (Å²) in [6, 6.07) is 2.59. The molecule has 1 aliphatic heterocycles. The minimum atomic E-state index is 0.0984. The molecule has 120 valence electrons. The highest BCUT2D eigenvalue weighted by molar-refractivity contribution is 7.18. The number of carbonyl (C=O) groups excluding carboxylic acids is 2. The number of amides is 2. The molecule has 1 aromatic heterocycles. The van der Waals surface area contributed by atoms with Gasteiger partial charge in [-0.1, -0.05) is 6.92 Å². The van der Waals surface area contributed by atoms with Crippen LogP contribution in [0.4, 0.5) is 5.00 Å². The Morgan fingerprint density at radius 1 is 1.32 bits per heavy atom. The van der Waals surface area contributed by atoms with Crippen LogP contribution in [-0.4, -0.2) is 28.8 Å². The van der Waals surface area contributed by atoms with E-state index in [0.717, 1.165) is 47.5 Å². The van der Waals surface area contributed by atoms with Crippen LogP contribution >= 0.6 is 11.3 Å². The SMILES string of the molecule is CC[C@H]1CC[C@@H](C)N1C(=O)c1sc(NC(=O)C2CC2)cc1C. The fourth-order valence-corrected chi connectivity index (χ4v) is 4.30. The molecule has 22 heavy (non-hydrogen) atoms. The lowest BCUT2D eigenvalue weighted by Gasteiger charge is -2.27. The van der Waals surface area contributed by atoms with Gasteiger partial charge >= 0.3 is 0 Å². The third-order valence-corrected chi connectivity index (χ3v) is 5.94. The van der Waals surface area contributed by atoms with Crippen molar-refractivity contribution in [2.45, 2.75) is 65.0 Å². The van der Waals surface area contributed by atoms with Gasteiger partial charge in [-0.25, -0.2) is 0 Å². The molecule has 2 heterocycles. The van der Waals surface area contributed by atoms with E-state index in [1.165, 1.54) is 11.3 Å². The summed E-state index contributed by atoms with van der Waals surface area (Å²) in [6.07, 6.45) is 5.17. The Hall–Kier alpha value is -1.36. The lowest BCUT2D eigenvalue weighted by molar-refractivity contribution is -0.117. The van der Waals surface area contributed by atoms with Crippen LogP contribution in [0.2, 0.25) is 0 Å². The molecule has 1 aromatic rings. The Bertz CT molecular complexity index is 591. The Balaban J connectivity index is 1.77. The minimum Gasteiger partial charge on any atom is -0.332 e. The highest BCUT2D eigenvalue weighted by atomic mass is 32.1. The molecule has 1 aliphatic carbocycles. The predicted molar refractivity (Wildman–Crippen MR) is 89.4 cm³/mol. The summed E-state index contributed by atoms with van der Waals surface area (Å²) in [5.41, 5.74) is 0.968. The second-order valence-electron chi connectivity index (χ2n) is 6.59. The van der Waals surface area contributed by atoms with Crippen LogP contribution in [0.15, 0.2) is 6.07 Å². The molecule has 1 saturated carbocycles. The zero-order chi connectivity index (χ0) is 15.9. The maximum atomic E-state index is 12.9. The molecule has 2 amide bonds. The Labute approximate surface area is 135 Å². The topological polar surface area (TPSA) is 49.4 Å². The monoisotopic (exact) mass is 320 g/mol. The molecule has 2 fully saturated rings. The van der Waals surface area contributed by atoms with Crippen molar-refractivity contribution in [3.05, 3.63) is 16.5 Å². The van der Waals surface area contributed by atoms with Crippen molar-refractivity contribution in [3.8, 4) is 0 Å². The van der Waals surface area contributed by atoms with Crippen molar-refractivity contribution < 1.29 is 9.59 Å². The predicted octanol–water partition coefficient (Wildman–Crippen LogP) is 3.81. The summed E-state index contributed by atoms with van der Waals surface area (Å²) >= 11 is 1.42. The average Bonchev–Trinajstić information content (AvgIpc) is 3.18. The van der Waals surface area contributed by atoms with Gasteiger partial charge in [-0.15, -0.1) is 11.3 Å². The summed E-state index contributed by atoms with van der Waals surface area (Å²) in [7, 11) is 0. The summed E-state index contributed by atoms with van der Waals surface area (Å²) < 4.78 is 0. The first-order chi connectivity index (χ1) is 10.5. The van der Waals surface area contributed by atoms with Gasteiger partial charge in [0.05, 0.1) is 9.88 Å². The zero-order valence-corrected chi connectivity index (χ0v) is 14.3. The lowest BCUT2D eigenvalue weighted by atomic mass is 10.1. The van der Waals surface area contributed by atoms with Crippen molar-refractivity contribution in [1.82, 2.24) is 4.90 Å². The van der Waals surface area contributed by atoms with Gasteiger partial charge in [-0.3, -0.25) is 9.59 Å². The molecule has 1 N–H and O–H groups in total. The molecule has 0 radical (unpaired) electrons. The van der Waals surface area contributed by atoms with Crippen molar-refractivity contribution in [1.29, 1.82) is 0 Å². The van der Waals surface area contributed by atoms with Crippen LogP contribution in [0, 0.1) is 12.8 Å². The van der Waals surface area contributed by atoms with Crippen LogP contribution in [0.3, 0.4) is 0 Å². The van der Waals surface area contributed by atoms with Crippen molar-refractivity contribution in [2.24, 2.45) is 5.92 Å². The number of nitrogens with one attached hydrogen (secondary N) is 1. The first kappa shape index (κ1) is 15.5. The molecule has 0 aromatic carbocycles.